The monoisotopic (exact) mass is 681 g/mol. The minimum Gasteiger partial charge on any atom is -0.495 e. The molecule has 0 aliphatic heterocycles. The summed E-state index contributed by atoms with van der Waals surface area (Å²) in [6.07, 6.45) is 0. The zero-order chi connectivity index (χ0) is 33.9. The van der Waals surface area contributed by atoms with E-state index in [1.165, 1.54) is 7.11 Å². The summed E-state index contributed by atoms with van der Waals surface area (Å²) >= 11 is 2.05. The SMILES string of the molecule is CCOC(=O)c1sc(NC(=O)C(C)Sc2nnc(CNC(=O)COc3ccccc3)n2-c2ccccc2OC)c(C(=O)OCC)c1C. The van der Waals surface area contributed by atoms with Gasteiger partial charge in [-0.15, -0.1) is 21.5 Å². The average molecular weight is 682 g/mol. The lowest BCUT2D eigenvalue weighted by atomic mass is 10.1. The Hall–Kier alpha value is -4.89. The van der Waals surface area contributed by atoms with Crippen molar-refractivity contribution in [2.45, 2.75) is 44.6 Å². The molecule has 0 bridgehead atoms. The summed E-state index contributed by atoms with van der Waals surface area (Å²) in [7, 11) is 1.53. The van der Waals surface area contributed by atoms with Gasteiger partial charge in [-0.05, 0) is 57.5 Å². The highest BCUT2D eigenvalue weighted by Crippen LogP contribution is 2.36. The van der Waals surface area contributed by atoms with Crippen LogP contribution in [0.5, 0.6) is 11.5 Å². The molecule has 0 fully saturated rings. The summed E-state index contributed by atoms with van der Waals surface area (Å²) in [6, 6.07) is 16.2. The first-order chi connectivity index (χ1) is 22.7. The minimum absolute atomic E-state index is 0.0111. The molecule has 0 aliphatic carbocycles. The van der Waals surface area contributed by atoms with E-state index in [9.17, 15) is 19.2 Å². The highest BCUT2D eigenvalue weighted by molar-refractivity contribution is 8.00. The number of methoxy groups -OCH3 is 1. The van der Waals surface area contributed by atoms with Gasteiger partial charge in [-0.3, -0.25) is 14.2 Å². The summed E-state index contributed by atoms with van der Waals surface area (Å²) in [6.45, 7) is 6.70. The molecule has 4 aromatic rings. The second kappa shape index (κ2) is 16.6. The molecule has 1 unspecified atom stereocenters. The van der Waals surface area contributed by atoms with Gasteiger partial charge in [-0.1, -0.05) is 42.1 Å². The molecule has 4 rings (SSSR count). The van der Waals surface area contributed by atoms with Crippen molar-refractivity contribution in [1.29, 1.82) is 0 Å². The van der Waals surface area contributed by atoms with E-state index in [4.69, 9.17) is 18.9 Å². The number of thioether (sulfide) groups is 1. The number of esters is 2. The van der Waals surface area contributed by atoms with Crippen LogP contribution in [0.3, 0.4) is 0 Å². The van der Waals surface area contributed by atoms with E-state index < -0.39 is 23.1 Å². The number of carbonyl (C=O) groups is 4. The molecule has 2 aromatic carbocycles. The van der Waals surface area contributed by atoms with Gasteiger partial charge in [-0.25, -0.2) is 9.59 Å². The predicted molar refractivity (Wildman–Crippen MR) is 177 cm³/mol. The molecule has 13 nitrogen and oxygen atoms in total. The van der Waals surface area contributed by atoms with E-state index in [2.05, 4.69) is 20.8 Å². The van der Waals surface area contributed by atoms with Crippen LogP contribution in [0.25, 0.3) is 5.69 Å². The van der Waals surface area contributed by atoms with Crippen LogP contribution in [0.1, 0.15) is 52.2 Å². The van der Waals surface area contributed by atoms with Gasteiger partial charge in [0.2, 0.25) is 5.91 Å². The smallest absolute Gasteiger partial charge is 0.348 e. The number of para-hydroxylation sites is 3. The molecule has 2 heterocycles. The number of amides is 2. The third-order valence-electron chi connectivity index (χ3n) is 6.56. The number of thiophene rings is 1. The Morgan fingerprint density at radius 3 is 2.34 bits per heavy atom. The van der Waals surface area contributed by atoms with Crippen LogP contribution >= 0.6 is 23.1 Å². The number of ether oxygens (including phenoxy) is 4. The first-order valence-electron chi connectivity index (χ1n) is 14.7. The van der Waals surface area contributed by atoms with Gasteiger partial charge in [0.05, 0.1) is 43.4 Å². The highest BCUT2D eigenvalue weighted by atomic mass is 32.2. The third kappa shape index (κ3) is 8.68. The first kappa shape index (κ1) is 35.0. The van der Waals surface area contributed by atoms with Crippen molar-refractivity contribution < 1.29 is 38.1 Å². The van der Waals surface area contributed by atoms with E-state index in [0.717, 1.165) is 23.1 Å². The third-order valence-corrected chi connectivity index (χ3v) is 8.79. The normalized spacial score (nSPS) is 11.3. The van der Waals surface area contributed by atoms with Gasteiger partial charge in [0.25, 0.3) is 5.91 Å². The van der Waals surface area contributed by atoms with Crippen LogP contribution in [0, 0.1) is 6.92 Å². The summed E-state index contributed by atoms with van der Waals surface area (Å²) < 4.78 is 23.1. The van der Waals surface area contributed by atoms with E-state index in [-0.39, 0.29) is 47.7 Å². The number of rotatable bonds is 15. The fourth-order valence-electron chi connectivity index (χ4n) is 4.31. The standard InChI is InChI=1S/C32H35N5O8S2/c1-6-43-30(40)26-19(3)27(31(41)44-7-2)47-29(26)34-28(39)20(4)46-32-36-35-24(37(32)22-15-11-12-16-23(22)42-5)17-33-25(38)18-45-21-13-9-8-10-14-21/h8-16,20H,6-7,17-18H2,1-5H3,(H,33,38)(H,34,39). The zero-order valence-electron chi connectivity index (χ0n) is 26.5. The molecule has 2 N–H and O–H groups in total. The van der Waals surface area contributed by atoms with E-state index >= 15 is 0 Å². The molecule has 0 saturated carbocycles. The topological polar surface area (TPSA) is 160 Å². The Morgan fingerprint density at radius 2 is 1.64 bits per heavy atom. The van der Waals surface area contributed by atoms with Crippen LogP contribution < -0.4 is 20.1 Å². The van der Waals surface area contributed by atoms with E-state index in [1.807, 2.05) is 30.3 Å². The molecular formula is C32H35N5O8S2. The minimum atomic E-state index is -0.752. The lowest BCUT2D eigenvalue weighted by Crippen LogP contribution is -2.29. The average Bonchev–Trinajstić information content (AvgIpc) is 3.62. The van der Waals surface area contributed by atoms with Gasteiger partial charge < -0.3 is 29.6 Å². The Kier molecular flexibility index (Phi) is 12.4. The van der Waals surface area contributed by atoms with Crippen LogP contribution in [0.15, 0.2) is 59.8 Å². The van der Waals surface area contributed by atoms with Crippen LogP contribution in [0.2, 0.25) is 0 Å². The van der Waals surface area contributed by atoms with Crippen molar-refractivity contribution in [2.24, 2.45) is 0 Å². The Bertz CT molecular complexity index is 1720. The number of hydrogen-bond donors (Lipinski definition) is 2. The van der Waals surface area contributed by atoms with E-state index in [1.54, 1.807) is 56.5 Å². The van der Waals surface area contributed by atoms with Crippen molar-refractivity contribution in [1.82, 2.24) is 20.1 Å². The van der Waals surface area contributed by atoms with Crippen LogP contribution in [-0.2, 0) is 25.6 Å². The lowest BCUT2D eigenvalue weighted by Gasteiger charge is -2.16. The molecule has 2 amide bonds. The quantitative estimate of drug-likeness (QED) is 0.131. The van der Waals surface area contributed by atoms with E-state index in [0.29, 0.717) is 33.7 Å². The molecule has 248 valence electrons. The van der Waals surface area contributed by atoms with Crippen molar-refractivity contribution in [3.63, 3.8) is 0 Å². The maximum Gasteiger partial charge on any atom is 0.348 e. The second-order valence-electron chi connectivity index (χ2n) is 9.74. The molecule has 15 heteroatoms. The summed E-state index contributed by atoms with van der Waals surface area (Å²) in [5, 5.41) is 14.0. The molecule has 0 spiro atoms. The van der Waals surface area contributed by atoms with Crippen LogP contribution in [0.4, 0.5) is 5.00 Å². The van der Waals surface area contributed by atoms with Gasteiger partial charge >= 0.3 is 11.9 Å². The lowest BCUT2D eigenvalue weighted by molar-refractivity contribution is -0.123. The maximum absolute atomic E-state index is 13.5. The number of benzene rings is 2. The van der Waals surface area contributed by atoms with Gasteiger partial charge in [0.1, 0.15) is 21.4 Å². The van der Waals surface area contributed by atoms with Gasteiger partial charge in [-0.2, -0.15) is 0 Å². The fourth-order valence-corrected chi connectivity index (χ4v) is 6.28. The largest absolute Gasteiger partial charge is 0.495 e. The van der Waals surface area contributed by atoms with Gasteiger partial charge in [0.15, 0.2) is 17.6 Å². The molecule has 0 aliphatic rings. The predicted octanol–water partition coefficient (Wildman–Crippen LogP) is 4.81. The molecule has 2 aromatic heterocycles. The van der Waals surface area contributed by atoms with Crippen molar-refractivity contribution in [3.8, 4) is 17.2 Å². The van der Waals surface area contributed by atoms with Crippen LogP contribution in [-0.4, -0.2) is 70.7 Å². The summed E-state index contributed by atoms with van der Waals surface area (Å²) in [5.41, 5.74) is 1.05. The number of aromatic nitrogens is 3. The fraction of sp³-hybridized carbons (Fsp3) is 0.312. The summed E-state index contributed by atoms with van der Waals surface area (Å²) in [5.74, 6) is -0.615. The van der Waals surface area contributed by atoms with Crippen molar-refractivity contribution in [3.05, 3.63) is 76.4 Å². The molecule has 1 atom stereocenters. The molecule has 0 saturated heterocycles. The van der Waals surface area contributed by atoms with Gasteiger partial charge in [0, 0.05) is 0 Å². The number of nitrogens with zero attached hydrogens (tertiary/aromatic N) is 3. The molecule has 0 radical (unpaired) electrons. The first-order valence-corrected chi connectivity index (χ1v) is 16.3. The number of anilines is 1. The maximum atomic E-state index is 13.5. The number of carbonyl (C=O) groups excluding carboxylic acids is 4. The number of nitrogens with one attached hydrogen (secondary N) is 2. The van der Waals surface area contributed by atoms with Crippen molar-refractivity contribution in [2.75, 3.05) is 32.2 Å². The Morgan fingerprint density at radius 1 is 0.957 bits per heavy atom. The Labute approximate surface area is 280 Å². The summed E-state index contributed by atoms with van der Waals surface area (Å²) in [4.78, 5) is 51.7. The molecule has 47 heavy (non-hydrogen) atoms. The number of hydrogen-bond acceptors (Lipinski definition) is 12. The second-order valence-corrected chi connectivity index (χ2v) is 12.1. The van der Waals surface area contributed by atoms with Crippen molar-refractivity contribution >= 4 is 51.9 Å². The Balaban J connectivity index is 1.56. The molecular weight excluding hydrogens is 647 g/mol. The highest BCUT2D eigenvalue weighted by Gasteiger charge is 2.29. The zero-order valence-corrected chi connectivity index (χ0v) is 28.2.